The first kappa shape index (κ1) is 19.9. The highest BCUT2D eigenvalue weighted by Crippen LogP contribution is 2.39. The Balaban J connectivity index is 1.84. The van der Waals surface area contributed by atoms with Crippen molar-refractivity contribution in [3.05, 3.63) is 102 Å². The molecule has 0 unspecified atom stereocenters. The van der Waals surface area contributed by atoms with Crippen LogP contribution < -0.4 is 4.74 Å². The molecule has 32 heavy (non-hydrogen) atoms. The summed E-state index contributed by atoms with van der Waals surface area (Å²) in [5.41, 5.74) is 7.33. The minimum atomic E-state index is 0.737. The molecular weight excluding hydrogens is 396 g/mol. The van der Waals surface area contributed by atoms with Crippen molar-refractivity contribution in [2.75, 3.05) is 7.11 Å². The largest absolute Gasteiger partial charge is 0.497 e. The SMILES string of the molecule is COc1ccc(-n2c(-c3ccc(C)cc3)nc(-c3ccco3)c2-c2ccc(C)cc2)cc1. The summed E-state index contributed by atoms with van der Waals surface area (Å²) < 4.78 is 13.4. The van der Waals surface area contributed by atoms with Crippen LogP contribution in [0.5, 0.6) is 5.75 Å². The van der Waals surface area contributed by atoms with E-state index in [1.165, 1.54) is 11.1 Å². The summed E-state index contributed by atoms with van der Waals surface area (Å²) >= 11 is 0. The Kier molecular flexibility index (Phi) is 5.12. The second kappa shape index (κ2) is 8.23. The van der Waals surface area contributed by atoms with E-state index in [9.17, 15) is 0 Å². The van der Waals surface area contributed by atoms with Crippen LogP contribution in [0.4, 0.5) is 0 Å². The summed E-state index contributed by atoms with van der Waals surface area (Å²) in [6, 6.07) is 28.9. The van der Waals surface area contributed by atoms with E-state index in [0.29, 0.717) is 0 Å². The highest BCUT2D eigenvalue weighted by molar-refractivity contribution is 5.82. The molecule has 0 aliphatic rings. The van der Waals surface area contributed by atoms with Gasteiger partial charge in [0.1, 0.15) is 17.3 Å². The van der Waals surface area contributed by atoms with Gasteiger partial charge < -0.3 is 9.15 Å². The maximum atomic E-state index is 5.81. The van der Waals surface area contributed by atoms with E-state index in [1.807, 2.05) is 24.3 Å². The normalized spacial score (nSPS) is 11.0. The van der Waals surface area contributed by atoms with Gasteiger partial charge in [-0.25, -0.2) is 4.98 Å². The van der Waals surface area contributed by atoms with E-state index < -0.39 is 0 Å². The fourth-order valence-corrected chi connectivity index (χ4v) is 3.86. The van der Waals surface area contributed by atoms with Gasteiger partial charge in [0.15, 0.2) is 5.76 Å². The molecule has 5 rings (SSSR count). The van der Waals surface area contributed by atoms with Crippen molar-refractivity contribution < 1.29 is 9.15 Å². The van der Waals surface area contributed by atoms with Crippen LogP contribution in [0.3, 0.4) is 0 Å². The van der Waals surface area contributed by atoms with E-state index in [-0.39, 0.29) is 0 Å². The lowest BCUT2D eigenvalue weighted by Crippen LogP contribution is -2.00. The van der Waals surface area contributed by atoms with Gasteiger partial charge in [-0.2, -0.15) is 0 Å². The summed E-state index contributed by atoms with van der Waals surface area (Å²) in [4.78, 5) is 5.11. The average molecular weight is 421 g/mol. The smallest absolute Gasteiger partial charge is 0.154 e. The van der Waals surface area contributed by atoms with Crippen LogP contribution in [0, 0.1) is 13.8 Å². The number of rotatable bonds is 5. The predicted molar refractivity (Wildman–Crippen MR) is 128 cm³/mol. The molecule has 0 saturated carbocycles. The van der Waals surface area contributed by atoms with Crippen molar-refractivity contribution >= 4 is 0 Å². The molecule has 4 heteroatoms. The van der Waals surface area contributed by atoms with Crippen molar-refractivity contribution in [3.8, 4) is 45.5 Å². The number of benzene rings is 3. The molecule has 2 aromatic heterocycles. The molecule has 0 N–H and O–H groups in total. The third-order valence-electron chi connectivity index (χ3n) is 5.60. The maximum absolute atomic E-state index is 5.81. The van der Waals surface area contributed by atoms with Crippen molar-refractivity contribution in [1.82, 2.24) is 9.55 Å². The molecule has 5 aromatic rings. The van der Waals surface area contributed by atoms with E-state index in [1.54, 1.807) is 13.4 Å². The zero-order valence-electron chi connectivity index (χ0n) is 18.4. The third-order valence-corrected chi connectivity index (χ3v) is 5.60. The number of hydrogen-bond acceptors (Lipinski definition) is 3. The Morgan fingerprint density at radius 2 is 1.38 bits per heavy atom. The van der Waals surface area contributed by atoms with Gasteiger partial charge in [0.05, 0.1) is 19.1 Å². The molecule has 0 aliphatic heterocycles. The molecule has 4 nitrogen and oxygen atoms in total. The number of ether oxygens (including phenoxy) is 1. The Bertz CT molecular complexity index is 1330. The predicted octanol–water partition coefficient (Wildman–Crippen LogP) is 7.09. The van der Waals surface area contributed by atoms with Crippen LogP contribution in [0.1, 0.15) is 11.1 Å². The number of aryl methyl sites for hydroxylation is 2. The number of methoxy groups -OCH3 is 1. The summed E-state index contributed by atoms with van der Waals surface area (Å²) in [6.07, 6.45) is 1.69. The van der Waals surface area contributed by atoms with Gasteiger partial charge in [-0.15, -0.1) is 0 Å². The topological polar surface area (TPSA) is 40.2 Å². The second-order valence-electron chi connectivity index (χ2n) is 7.88. The monoisotopic (exact) mass is 420 g/mol. The van der Waals surface area contributed by atoms with Crippen molar-refractivity contribution in [3.63, 3.8) is 0 Å². The van der Waals surface area contributed by atoms with E-state index >= 15 is 0 Å². The molecule has 3 aromatic carbocycles. The molecular formula is C28H24N2O2. The summed E-state index contributed by atoms with van der Waals surface area (Å²) in [6.45, 7) is 4.18. The first-order chi connectivity index (χ1) is 15.6. The fraction of sp³-hybridized carbons (Fsp3) is 0.107. The Morgan fingerprint density at radius 1 is 0.750 bits per heavy atom. The van der Waals surface area contributed by atoms with E-state index in [4.69, 9.17) is 14.1 Å². The van der Waals surface area contributed by atoms with Gasteiger partial charge in [0, 0.05) is 16.8 Å². The Labute approximate surface area is 187 Å². The van der Waals surface area contributed by atoms with Gasteiger partial charge in [-0.3, -0.25) is 4.57 Å². The first-order valence-electron chi connectivity index (χ1n) is 10.6. The van der Waals surface area contributed by atoms with Crippen LogP contribution in [0.2, 0.25) is 0 Å². The number of furan rings is 1. The molecule has 0 saturated heterocycles. The quantitative estimate of drug-likeness (QED) is 0.305. The molecule has 0 aliphatic carbocycles. The third kappa shape index (κ3) is 3.60. The highest BCUT2D eigenvalue weighted by Gasteiger charge is 2.23. The number of aromatic nitrogens is 2. The first-order valence-corrected chi connectivity index (χ1v) is 10.6. The zero-order valence-corrected chi connectivity index (χ0v) is 18.4. The molecule has 0 fully saturated rings. The lowest BCUT2D eigenvalue weighted by Gasteiger charge is -2.14. The molecule has 158 valence electrons. The minimum absolute atomic E-state index is 0.737. The number of imidazole rings is 1. The highest BCUT2D eigenvalue weighted by atomic mass is 16.5. The van der Waals surface area contributed by atoms with Crippen molar-refractivity contribution in [2.24, 2.45) is 0 Å². The van der Waals surface area contributed by atoms with Crippen LogP contribution in [-0.4, -0.2) is 16.7 Å². The van der Waals surface area contributed by atoms with Gasteiger partial charge in [-0.05, 0) is 50.2 Å². The lowest BCUT2D eigenvalue weighted by molar-refractivity contribution is 0.415. The molecule has 0 amide bonds. The second-order valence-corrected chi connectivity index (χ2v) is 7.88. The average Bonchev–Trinajstić information content (AvgIpc) is 3.48. The van der Waals surface area contributed by atoms with Gasteiger partial charge >= 0.3 is 0 Å². The molecule has 0 spiro atoms. The Hall–Kier alpha value is -4.05. The standard InChI is InChI=1S/C28H24N2O2/c1-19-6-10-21(11-7-19)27-26(25-5-4-18-32-25)29-28(22-12-8-20(2)9-13-22)30(27)23-14-16-24(31-3)17-15-23/h4-18H,1-3H3. The fourth-order valence-electron chi connectivity index (χ4n) is 3.86. The minimum Gasteiger partial charge on any atom is -0.497 e. The van der Waals surface area contributed by atoms with Crippen molar-refractivity contribution in [2.45, 2.75) is 13.8 Å². The van der Waals surface area contributed by atoms with E-state index in [2.05, 4.69) is 79.1 Å². The van der Waals surface area contributed by atoms with Gasteiger partial charge in [-0.1, -0.05) is 59.7 Å². The van der Waals surface area contributed by atoms with Crippen LogP contribution in [0.25, 0.3) is 39.8 Å². The molecule has 0 radical (unpaired) electrons. The zero-order chi connectivity index (χ0) is 22.1. The maximum Gasteiger partial charge on any atom is 0.154 e. The molecule has 2 heterocycles. The summed E-state index contributed by atoms with van der Waals surface area (Å²) in [5, 5.41) is 0. The lowest BCUT2D eigenvalue weighted by atomic mass is 10.1. The molecule has 0 atom stereocenters. The van der Waals surface area contributed by atoms with Gasteiger partial charge in [0.25, 0.3) is 0 Å². The molecule has 0 bridgehead atoms. The van der Waals surface area contributed by atoms with Gasteiger partial charge in [0.2, 0.25) is 0 Å². The van der Waals surface area contributed by atoms with Crippen LogP contribution in [0.15, 0.2) is 95.6 Å². The summed E-state index contributed by atoms with van der Waals surface area (Å²) in [7, 11) is 1.68. The van der Waals surface area contributed by atoms with E-state index in [0.717, 1.165) is 45.5 Å². The van der Waals surface area contributed by atoms with Crippen LogP contribution >= 0.6 is 0 Å². The number of hydrogen-bond donors (Lipinski definition) is 0. The number of nitrogens with zero attached hydrogens (tertiary/aromatic N) is 2. The van der Waals surface area contributed by atoms with Crippen LogP contribution in [-0.2, 0) is 0 Å². The summed E-state index contributed by atoms with van der Waals surface area (Å²) in [5.74, 6) is 2.41. The van der Waals surface area contributed by atoms with Crippen molar-refractivity contribution in [1.29, 1.82) is 0 Å². The Morgan fingerprint density at radius 3 is 1.94 bits per heavy atom.